The fourth-order valence-corrected chi connectivity index (χ4v) is 3.64. The highest BCUT2D eigenvalue weighted by atomic mass is 35.5. The fourth-order valence-electron chi connectivity index (χ4n) is 3.47. The maximum atomic E-state index is 11.0. The van der Waals surface area contributed by atoms with Crippen molar-refractivity contribution in [3.63, 3.8) is 0 Å². The molecule has 1 N–H and O–H groups in total. The number of aliphatic carboxylic acids is 1. The summed E-state index contributed by atoms with van der Waals surface area (Å²) in [5, 5.41) is 21.5. The number of carbonyl (C=O) groups is 1. The molecule has 0 bridgehead atoms. The minimum Gasteiger partial charge on any atom is -0.481 e. The Morgan fingerprint density at radius 1 is 1.22 bits per heavy atom. The van der Waals surface area contributed by atoms with Gasteiger partial charge in [-0.15, -0.1) is 0 Å². The maximum Gasteiger partial charge on any atom is 0.303 e. The Labute approximate surface area is 161 Å². The summed E-state index contributed by atoms with van der Waals surface area (Å²) in [7, 11) is 0. The van der Waals surface area contributed by atoms with Crippen molar-refractivity contribution in [2.75, 3.05) is 0 Å². The molecule has 2 aromatic carbocycles. The SMILES string of the molecule is CCn1c(-c2ccc([N+](=O)[O-])cc2)c(CCCC(=O)O)c2cc(Cl)ccc21. The minimum absolute atomic E-state index is 0.0355. The van der Waals surface area contributed by atoms with Gasteiger partial charge in [-0.3, -0.25) is 14.9 Å². The third-order valence-electron chi connectivity index (χ3n) is 4.62. The van der Waals surface area contributed by atoms with Crippen LogP contribution in [0.1, 0.15) is 25.3 Å². The van der Waals surface area contributed by atoms with Gasteiger partial charge in [-0.2, -0.15) is 0 Å². The van der Waals surface area contributed by atoms with Crippen LogP contribution in [-0.4, -0.2) is 20.6 Å². The number of carboxylic acids is 1. The smallest absolute Gasteiger partial charge is 0.303 e. The highest BCUT2D eigenvalue weighted by Crippen LogP contribution is 2.36. The number of non-ortho nitro benzene ring substituents is 1. The van der Waals surface area contributed by atoms with Gasteiger partial charge in [0.1, 0.15) is 0 Å². The van der Waals surface area contributed by atoms with E-state index in [0.717, 1.165) is 27.7 Å². The number of carboxylic acid groups (broad SMARTS) is 1. The monoisotopic (exact) mass is 386 g/mol. The summed E-state index contributed by atoms with van der Waals surface area (Å²) in [4.78, 5) is 21.5. The number of nitro benzene ring substituents is 1. The molecule has 7 heteroatoms. The van der Waals surface area contributed by atoms with Crippen LogP contribution in [0.25, 0.3) is 22.2 Å². The van der Waals surface area contributed by atoms with Crippen molar-refractivity contribution in [1.82, 2.24) is 4.57 Å². The summed E-state index contributed by atoms with van der Waals surface area (Å²) < 4.78 is 2.14. The Bertz CT molecular complexity index is 1010. The molecule has 0 amide bonds. The normalized spacial score (nSPS) is 11.0. The molecule has 0 atom stereocenters. The number of rotatable bonds is 7. The van der Waals surface area contributed by atoms with Crippen LogP contribution in [0.2, 0.25) is 5.02 Å². The summed E-state index contributed by atoms with van der Waals surface area (Å²) in [5.74, 6) is -0.829. The number of nitrogens with zero attached hydrogens (tertiary/aromatic N) is 2. The van der Waals surface area contributed by atoms with Crippen molar-refractivity contribution in [3.8, 4) is 11.3 Å². The van der Waals surface area contributed by atoms with Crippen LogP contribution in [-0.2, 0) is 17.8 Å². The third-order valence-corrected chi connectivity index (χ3v) is 4.85. The van der Waals surface area contributed by atoms with Gasteiger partial charge in [0.2, 0.25) is 0 Å². The van der Waals surface area contributed by atoms with Crippen molar-refractivity contribution in [2.24, 2.45) is 0 Å². The predicted molar refractivity (Wildman–Crippen MR) is 105 cm³/mol. The van der Waals surface area contributed by atoms with Crippen LogP contribution in [0.5, 0.6) is 0 Å². The maximum absolute atomic E-state index is 11.0. The number of benzene rings is 2. The molecule has 27 heavy (non-hydrogen) atoms. The van der Waals surface area contributed by atoms with Gasteiger partial charge < -0.3 is 9.67 Å². The Balaban J connectivity index is 2.18. The summed E-state index contributed by atoms with van der Waals surface area (Å²) in [5.41, 5.74) is 3.88. The number of aryl methyl sites for hydroxylation is 2. The summed E-state index contributed by atoms with van der Waals surface area (Å²) in [6.07, 6.45) is 1.17. The first kappa shape index (κ1) is 18.9. The van der Waals surface area contributed by atoms with Gasteiger partial charge in [0.05, 0.1) is 10.6 Å². The van der Waals surface area contributed by atoms with Crippen molar-refractivity contribution >= 4 is 34.2 Å². The minimum atomic E-state index is -0.829. The van der Waals surface area contributed by atoms with E-state index in [1.54, 1.807) is 12.1 Å². The fraction of sp³-hybridized carbons (Fsp3) is 0.250. The summed E-state index contributed by atoms with van der Waals surface area (Å²) >= 11 is 6.20. The average Bonchev–Trinajstić information content (AvgIpc) is 2.94. The van der Waals surface area contributed by atoms with Crippen molar-refractivity contribution in [3.05, 3.63) is 63.2 Å². The average molecular weight is 387 g/mol. The van der Waals surface area contributed by atoms with Crippen LogP contribution < -0.4 is 0 Å². The lowest BCUT2D eigenvalue weighted by Gasteiger charge is -2.11. The third kappa shape index (κ3) is 3.80. The first-order valence-corrected chi connectivity index (χ1v) is 9.07. The number of hydrogen-bond acceptors (Lipinski definition) is 3. The Kier molecular flexibility index (Phi) is 5.46. The predicted octanol–water partition coefficient (Wildman–Crippen LogP) is 5.30. The van der Waals surface area contributed by atoms with Gasteiger partial charge in [-0.05, 0) is 61.2 Å². The molecule has 0 aliphatic carbocycles. The van der Waals surface area contributed by atoms with Crippen molar-refractivity contribution in [2.45, 2.75) is 32.7 Å². The summed E-state index contributed by atoms with van der Waals surface area (Å²) in [6.45, 7) is 2.74. The van der Waals surface area contributed by atoms with Gasteiger partial charge in [-0.1, -0.05) is 11.6 Å². The highest BCUT2D eigenvalue weighted by Gasteiger charge is 2.19. The van der Waals surface area contributed by atoms with Crippen molar-refractivity contribution in [1.29, 1.82) is 0 Å². The molecule has 0 spiro atoms. The summed E-state index contributed by atoms with van der Waals surface area (Å²) in [6, 6.07) is 12.1. The zero-order valence-electron chi connectivity index (χ0n) is 14.8. The molecule has 140 valence electrons. The molecule has 0 aliphatic rings. The van der Waals surface area contributed by atoms with E-state index in [2.05, 4.69) is 4.57 Å². The number of fused-ring (bicyclic) bond motifs is 1. The second kappa shape index (κ2) is 7.80. The van der Waals surface area contributed by atoms with E-state index in [1.165, 1.54) is 12.1 Å². The van der Waals surface area contributed by atoms with Gasteiger partial charge in [0, 0.05) is 41.0 Å². The van der Waals surface area contributed by atoms with Gasteiger partial charge >= 0.3 is 5.97 Å². The van der Waals surface area contributed by atoms with E-state index < -0.39 is 10.9 Å². The first-order chi connectivity index (χ1) is 12.9. The van der Waals surface area contributed by atoms with Crippen LogP contribution >= 0.6 is 11.6 Å². The lowest BCUT2D eigenvalue weighted by Crippen LogP contribution is -2.00. The van der Waals surface area contributed by atoms with Crippen molar-refractivity contribution < 1.29 is 14.8 Å². The molecular weight excluding hydrogens is 368 g/mol. The van der Waals surface area contributed by atoms with E-state index in [0.29, 0.717) is 24.4 Å². The molecule has 6 nitrogen and oxygen atoms in total. The zero-order valence-corrected chi connectivity index (χ0v) is 15.6. The number of halogens is 1. The topological polar surface area (TPSA) is 85.4 Å². The van der Waals surface area contributed by atoms with Crippen LogP contribution in [0.3, 0.4) is 0 Å². The standard InChI is InChI=1S/C20H19ClN2O4/c1-2-22-18-11-8-14(21)12-17(18)16(4-3-5-19(24)25)20(22)13-6-9-15(10-7-13)23(26)27/h6-12H,2-5H2,1H3,(H,24,25). The highest BCUT2D eigenvalue weighted by molar-refractivity contribution is 6.31. The Hall–Kier alpha value is -2.86. The molecule has 0 fully saturated rings. The largest absolute Gasteiger partial charge is 0.481 e. The molecule has 0 saturated carbocycles. The molecule has 0 saturated heterocycles. The molecule has 3 rings (SSSR count). The second-order valence-corrected chi connectivity index (χ2v) is 6.72. The van der Waals surface area contributed by atoms with Gasteiger partial charge in [0.25, 0.3) is 5.69 Å². The van der Waals surface area contributed by atoms with Gasteiger partial charge in [-0.25, -0.2) is 0 Å². The number of hydrogen-bond donors (Lipinski definition) is 1. The van der Waals surface area contributed by atoms with E-state index in [4.69, 9.17) is 16.7 Å². The van der Waals surface area contributed by atoms with Crippen LogP contribution in [0.4, 0.5) is 5.69 Å². The van der Waals surface area contributed by atoms with Crippen LogP contribution in [0.15, 0.2) is 42.5 Å². The molecule has 0 aliphatic heterocycles. The van der Waals surface area contributed by atoms with E-state index in [1.807, 2.05) is 25.1 Å². The van der Waals surface area contributed by atoms with Crippen LogP contribution in [0, 0.1) is 10.1 Å². The zero-order chi connectivity index (χ0) is 19.6. The molecule has 1 heterocycles. The Morgan fingerprint density at radius 2 is 1.93 bits per heavy atom. The molecule has 1 aromatic heterocycles. The molecular formula is C20H19ClN2O4. The molecule has 3 aromatic rings. The Morgan fingerprint density at radius 3 is 2.52 bits per heavy atom. The quantitative estimate of drug-likeness (QED) is 0.441. The van der Waals surface area contributed by atoms with E-state index >= 15 is 0 Å². The lowest BCUT2D eigenvalue weighted by atomic mass is 10.00. The van der Waals surface area contributed by atoms with Gasteiger partial charge in [0.15, 0.2) is 0 Å². The number of nitro groups is 1. The lowest BCUT2D eigenvalue weighted by molar-refractivity contribution is -0.384. The van der Waals surface area contributed by atoms with E-state index in [-0.39, 0.29) is 12.1 Å². The molecule has 0 radical (unpaired) electrons. The second-order valence-electron chi connectivity index (χ2n) is 6.28. The van der Waals surface area contributed by atoms with E-state index in [9.17, 15) is 14.9 Å². The number of aromatic nitrogens is 1. The molecule has 0 unspecified atom stereocenters. The first-order valence-electron chi connectivity index (χ1n) is 8.69.